The molecule has 3 aromatic carbocycles. The Labute approximate surface area is 202 Å². The molecular weight excluding hydrogens is 446 g/mol. The highest BCUT2D eigenvalue weighted by Gasteiger charge is 2.22. The van der Waals surface area contributed by atoms with Gasteiger partial charge in [-0.1, -0.05) is 30.2 Å². The summed E-state index contributed by atoms with van der Waals surface area (Å²) in [5, 5.41) is 31.2. The molecule has 0 amide bonds. The summed E-state index contributed by atoms with van der Waals surface area (Å²) in [6.45, 7) is 0.0627. The number of hydrogen-bond acceptors (Lipinski definition) is 7. The Hall–Kier alpha value is -4.83. The molecule has 0 aliphatic rings. The highest BCUT2D eigenvalue weighted by molar-refractivity contribution is 5.88. The van der Waals surface area contributed by atoms with Gasteiger partial charge in [0.2, 0.25) is 0 Å². The van der Waals surface area contributed by atoms with E-state index in [9.17, 15) is 15.3 Å². The van der Waals surface area contributed by atoms with Crippen LogP contribution in [0, 0.1) is 11.8 Å². The maximum atomic E-state index is 11.1. The number of hydrogen-bond donors (Lipinski definition) is 3. The lowest BCUT2D eigenvalue weighted by molar-refractivity contribution is 0.342. The first kappa shape index (κ1) is 23.3. The van der Waals surface area contributed by atoms with Crippen LogP contribution < -0.4 is 14.2 Å². The molecule has 0 atom stereocenters. The van der Waals surface area contributed by atoms with Gasteiger partial charge < -0.3 is 29.5 Å². The molecule has 0 bridgehead atoms. The molecule has 176 valence electrons. The topological polar surface area (TPSA) is 101 Å². The fourth-order valence-electron chi connectivity index (χ4n) is 3.60. The van der Waals surface area contributed by atoms with Crippen LogP contribution in [0.1, 0.15) is 5.69 Å². The molecule has 0 spiro atoms. The van der Waals surface area contributed by atoms with E-state index in [1.165, 1.54) is 20.3 Å². The second-order valence-corrected chi connectivity index (χ2v) is 7.42. The third kappa shape index (κ3) is 5.07. The van der Waals surface area contributed by atoms with E-state index < -0.39 is 0 Å². The number of phenols is 3. The molecule has 0 aliphatic heterocycles. The molecule has 4 aromatic rings. The van der Waals surface area contributed by atoms with Gasteiger partial charge in [0.15, 0.2) is 23.0 Å². The number of aromatic nitrogens is 1. The number of rotatable bonds is 6. The van der Waals surface area contributed by atoms with Crippen LogP contribution in [0.4, 0.5) is 0 Å². The van der Waals surface area contributed by atoms with Crippen LogP contribution in [0.3, 0.4) is 0 Å². The summed E-state index contributed by atoms with van der Waals surface area (Å²) in [6.07, 6.45) is 1.66. The first-order valence-electron chi connectivity index (χ1n) is 10.6. The lowest BCUT2D eigenvalue weighted by atomic mass is 9.96. The van der Waals surface area contributed by atoms with E-state index in [0.717, 1.165) is 5.56 Å². The van der Waals surface area contributed by atoms with E-state index in [1.54, 1.807) is 54.7 Å². The number of ether oxygens (including phenoxy) is 3. The zero-order valence-electron chi connectivity index (χ0n) is 19.1. The average molecular weight is 469 g/mol. The average Bonchev–Trinajstić information content (AvgIpc) is 2.88. The van der Waals surface area contributed by atoms with Gasteiger partial charge in [-0.2, -0.15) is 0 Å². The number of aromatic hydroxyl groups is 3. The van der Waals surface area contributed by atoms with Crippen LogP contribution in [0.15, 0.2) is 72.9 Å². The summed E-state index contributed by atoms with van der Waals surface area (Å²) in [4.78, 5) is 4.12. The normalized spacial score (nSPS) is 10.2. The Morgan fingerprint density at radius 3 is 2.26 bits per heavy atom. The van der Waals surface area contributed by atoms with Crippen molar-refractivity contribution >= 4 is 0 Å². The van der Waals surface area contributed by atoms with Crippen molar-refractivity contribution in [2.45, 2.75) is 0 Å². The van der Waals surface area contributed by atoms with Crippen LogP contribution in [0.5, 0.6) is 34.5 Å². The van der Waals surface area contributed by atoms with Gasteiger partial charge in [-0.25, -0.2) is 4.98 Å². The minimum atomic E-state index is -0.149. The first-order chi connectivity index (χ1) is 17.0. The molecule has 1 aromatic heterocycles. The molecule has 3 N–H and O–H groups in total. The highest BCUT2D eigenvalue weighted by Crippen LogP contribution is 2.50. The van der Waals surface area contributed by atoms with E-state index in [0.29, 0.717) is 28.1 Å². The quantitative estimate of drug-likeness (QED) is 0.342. The van der Waals surface area contributed by atoms with Gasteiger partial charge in [-0.05, 0) is 59.5 Å². The fraction of sp³-hybridized carbons (Fsp3) is 0.107. The summed E-state index contributed by atoms with van der Waals surface area (Å²) in [5.41, 5.74) is 2.78. The lowest BCUT2D eigenvalue weighted by Crippen LogP contribution is -1.97. The van der Waals surface area contributed by atoms with Gasteiger partial charge in [0.25, 0.3) is 0 Å². The minimum Gasteiger partial charge on any atom is -0.508 e. The third-order valence-electron chi connectivity index (χ3n) is 5.25. The van der Waals surface area contributed by atoms with Gasteiger partial charge in [0.05, 0.1) is 19.8 Å². The monoisotopic (exact) mass is 469 g/mol. The van der Waals surface area contributed by atoms with Crippen molar-refractivity contribution in [1.82, 2.24) is 4.98 Å². The summed E-state index contributed by atoms with van der Waals surface area (Å²) in [7, 11) is 2.94. The van der Waals surface area contributed by atoms with Gasteiger partial charge in [0.1, 0.15) is 23.8 Å². The highest BCUT2D eigenvalue weighted by atomic mass is 16.5. The van der Waals surface area contributed by atoms with E-state index in [2.05, 4.69) is 16.8 Å². The zero-order chi connectivity index (χ0) is 24.8. The number of phenolic OH excluding ortho intramolecular Hbond substituents is 3. The fourth-order valence-corrected chi connectivity index (χ4v) is 3.60. The summed E-state index contributed by atoms with van der Waals surface area (Å²) >= 11 is 0. The SMILES string of the molecule is COc1cc(-c2ccc(O)cc2)c(OC)c(O)c1-c1ccc(OCC#Cc2ccccn2)c(O)c1. The second kappa shape index (κ2) is 10.4. The van der Waals surface area contributed by atoms with Crippen LogP contribution in [0.25, 0.3) is 22.3 Å². The molecule has 0 radical (unpaired) electrons. The van der Waals surface area contributed by atoms with Crippen molar-refractivity contribution in [3.05, 3.63) is 78.6 Å². The summed E-state index contributed by atoms with van der Waals surface area (Å²) in [5.74, 6) is 6.45. The number of benzene rings is 3. The van der Waals surface area contributed by atoms with E-state index in [1.807, 2.05) is 12.1 Å². The Balaban J connectivity index is 1.64. The number of pyridine rings is 1. The Morgan fingerprint density at radius 2 is 1.60 bits per heavy atom. The van der Waals surface area contributed by atoms with Gasteiger partial charge in [-0.15, -0.1) is 0 Å². The Bertz CT molecular complexity index is 1390. The molecular formula is C28H23NO6. The molecule has 35 heavy (non-hydrogen) atoms. The third-order valence-corrected chi connectivity index (χ3v) is 5.25. The van der Waals surface area contributed by atoms with Crippen molar-refractivity contribution in [1.29, 1.82) is 0 Å². The van der Waals surface area contributed by atoms with Gasteiger partial charge in [0, 0.05) is 11.8 Å². The molecule has 0 unspecified atom stereocenters. The van der Waals surface area contributed by atoms with Gasteiger partial charge in [-0.3, -0.25) is 0 Å². The zero-order valence-corrected chi connectivity index (χ0v) is 19.1. The second-order valence-electron chi connectivity index (χ2n) is 7.42. The predicted molar refractivity (Wildman–Crippen MR) is 132 cm³/mol. The number of methoxy groups -OCH3 is 2. The standard InChI is InChI=1S/C28H23NO6/c1-33-25-17-22(18-8-11-21(30)12-9-18)28(34-2)27(32)26(25)19-10-13-24(23(31)16-19)35-15-5-7-20-6-3-4-14-29-20/h3-4,6,8-14,16-17,30-32H,15H2,1-2H3. The van der Waals surface area contributed by atoms with Crippen LogP contribution in [-0.4, -0.2) is 41.1 Å². The van der Waals surface area contributed by atoms with Crippen molar-refractivity contribution in [3.8, 4) is 68.6 Å². The van der Waals surface area contributed by atoms with E-state index >= 15 is 0 Å². The molecule has 0 saturated heterocycles. The maximum Gasteiger partial charge on any atom is 0.170 e. The largest absolute Gasteiger partial charge is 0.508 e. The smallest absolute Gasteiger partial charge is 0.170 e. The Morgan fingerprint density at radius 1 is 0.829 bits per heavy atom. The van der Waals surface area contributed by atoms with Crippen LogP contribution in [-0.2, 0) is 0 Å². The molecule has 0 aliphatic carbocycles. The van der Waals surface area contributed by atoms with Crippen LogP contribution in [0.2, 0.25) is 0 Å². The van der Waals surface area contributed by atoms with Crippen molar-refractivity contribution in [2.24, 2.45) is 0 Å². The molecule has 7 nitrogen and oxygen atoms in total. The first-order valence-corrected chi connectivity index (χ1v) is 10.6. The molecule has 1 heterocycles. The molecule has 4 rings (SSSR count). The Kier molecular flexibility index (Phi) is 6.94. The van der Waals surface area contributed by atoms with Gasteiger partial charge >= 0.3 is 0 Å². The molecule has 0 fully saturated rings. The molecule has 7 heteroatoms. The number of nitrogens with zero attached hydrogens (tertiary/aromatic N) is 1. The van der Waals surface area contributed by atoms with E-state index in [-0.39, 0.29) is 35.4 Å². The summed E-state index contributed by atoms with van der Waals surface area (Å²) < 4.78 is 16.6. The van der Waals surface area contributed by atoms with Crippen LogP contribution >= 0.6 is 0 Å². The maximum absolute atomic E-state index is 11.1. The van der Waals surface area contributed by atoms with Crippen molar-refractivity contribution < 1.29 is 29.5 Å². The lowest BCUT2D eigenvalue weighted by Gasteiger charge is -2.18. The van der Waals surface area contributed by atoms with Crippen molar-refractivity contribution in [3.63, 3.8) is 0 Å². The van der Waals surface area contributed by atoms with E-state index in [4.69, 9.17) is 14.2 Å². The predicted octanol–water partition coefficient (Wildman–Crippen LogP) is 4.98. The minimum absolute atomic E-state index is 0.0627. The molecule has 0 saturated carbocycles. The summed E-state index contributed by atoms with van der Waals surface area (Å²) in [6, 6.07) is 18.4. The van der Waals surface area contributed by atoms with Crippen molar-refractivity contribution in [2.75, 3.05) is 20.8 Å².